The van der Waals surface area contributed by atoms with E-state index in [0.29, 0.717) is 22.2 Å². The lowest BCUT2D eigenvalue weighted by Crippen LogP contribution is -2.16. The summed E-state index contributed by atoms with van der Waals surface area (Å²) in [6.07, 6.45) is 4.51. The highest BCUT2D eigenvalue weighted by Crippen LogP contribution is 2.43. The minimum atomic E-state index is -0.467. The Hall–Kier alpha value is -3.04. The van der Waals surface area contributed by atoms with Crippen molar-refractivity contribution in [2.24, 2.45) is 0 Å². The third-order valence-electron chi connectivity index (χ3n) is 3.80. The van der Waals surface area contributed by atoms with E-state index < -0.39 is 5.97 Å². The molecule has 1 aliphatic heterocycles. The Balaban J connectivity index is 2.10. The van der Waals surface area contributed by atoms with Crippen LogP contribution in [0.1, 0.15) is 24.0 Å². The van der Waals surface area contributed by atoms with Crippen LogP contribution in [0.5, 0.6) is 0 Å². The van der Waals surface area contributed by atoms with Crippen LogP contribution in [0.2, 0.25) is 5.02 Å². The van der Waals surface area contributed by atoms with E-state index in [1.165, 1.54) is 6.08 Å². The molecule has 2 N–H and O–H groups in total. The number of nitrogens with zero attached hydrogens (tertiary/aromatic N) is 2. The molecule has 6 nitrogen and oxygen atoms in total. The second-order valence-electron chi connectivity index (χ2n) is 5.28. The first kappa shape index (κ1) is 16.8. The summed E-state index contributed by atoms with van der Waals surface area (Å²) >= 11 is 6.36. The number of fused-ring (bicyclic) bond motifs is 1. The van der Waals surface area contributed by atoms with Crippen molar-refractivity contribution >= 4 is 23.4 Å². The number of aromatic amines is 1. The molecule has 1 aliphatic rings. The van der Waals surface area contributed by atoms with Crippen molar-refractivity contribution in [3.8, 4) is 0 Å². The van der Waals surface area contributed by atoms with E-state index >= 15 is 0 Å². The Kier molecular flexibility index (Phi) is 4.87. The molecule has 0 saturated carbocycles. The first-order valence-electron chi connectivity index (χ1n) is 7.66. The van der Waals surface area contributed by atoms with Gasteiger partial charge in [0.05, 0.1) is 25.3 Å². The van der Waals surface area contributed by atoms with Crippen LogP contribution in [0, 0.1) is 6.57 Å². The number of carbonyl (C=O) groups excluding carboxylic acids is 1. The van der Waals surface area contributed by atoms with E-state index in [1.54, 1.807) is 25.3 Å². The SMILES string of the molecule is [C-]#[N+]C1=C(/C=C/C(=O)OCC)Nc2[nH]ncc2C1c1ccccc1Cl. The van der Waals surface area contributed by atoms with Crippen molar-refractivity contribution in [3.63, 3.8) is 0 Å². The Morgan fingerprint density at radius 1 is 1.44 bits per heavy atom. The molecule has 0 amide bonds. The van der Waals surface area contributed by atoms with E-state index in [-0.39, 0.29) is 12.5 Å². The fourth-order valence-electron chi connectivity index (χ4n) is 2.73. The fourth-order valence-corrected chi connectivity index (χ4v) is 2.98. The van der Waals surface area contributed by atoms with Gasteiger partial charge in [-0.2, -0.15) is 5.10 Å². The van der Waals surface area contributed by atoms with Gasteiger partial charge in [0.1, 0.15) is 5.82 Å². The summed E-state index contributed by atoms with van der Waals surface area (Å²) < 4.78 is 4.89. The Bertz CT molecular complexity index is 908. The number of carbonyl (C=O) groups is 1. The summed E-state index contributed by atoms with van der Waals surface area (Å²) in [6, 6.07) is 7.38. The molecule has 0 saturated heterocycles. The highest BCUT2D eigenvalue weighted by molar-refractivity contribution is 6.31. The second-order valence-corrected chi connectivity index (χ2v) is 5.68. The number of halogens is 1. The average molecular weight is 355 g/mol. The predicted octanol–water partition coefficient (Wildman–Crippen LogP) is 3.87. The molecule has 0 spiro atoms. The Morgan fingerprint density at radius 3 is 2.96 bits per heavy atom. The van der Waals surface area contributed by atoms with Gasteiger partial charge < -0.3 is 10.1 Å². The molecule has 1 unspecified atom stereocenters. The van der Waals surface area contributed by atoms with E-state index in [2.05, 4.69) is 20.4 Å². The van der Waals surface area contributed by atoms with Crippen molar-refractivity contribution < 1.29 is 9.53 Å². The van der Waals surface area contributed by atoms with E-state index in [0.717, 1.165) is 11.1 Å². The summed E-state index contributed by atoms with van der Waals surface area (Å²) in [4.78, 5) is 15.3. The molecule has 2 aromatic rings. The summed E-state index contributed by atoms with van der Waals surface area (Å²) in [5.41, 5.74) is 2.57. The van der Waals surface area contributed by atoms with Crippen LogP contribution in [0.15, 0.2) is 54.0 Å². The molecule has 0 aliphatic carbocycles. The third-order valence-corrected chi connectivity index (χ3v) is 4.14. The number of aromatic nitrogens is 2. The van der Waals surface area contributed by atoms with Gasteiger partial charge in [0.15, 0.2) is 5.70 Å². The standard InChI is InChI=1S/C18H15ClN4O2/c1-3-25-15(24)9-8-14-17(20-2)16(11-6-4-5-7-13(11)19)12-10-21-23-18(12)22-14/h4-10,16H,3H2,1H3,(H2,21,22,23)/b9-8+. The lowest BCUT2D eigenvalue weighted by atomic mass is 9.86. The number of hydrogen-bond acceptors (Lipinski definition) is 4. The number of H-pyrrole nitrogens is 1. The molecule has 1 aromatic carbocycles. The van der Waals surface area contributed by atoms with Crippen molar-refractivity contribution in [2.45, 2.75) is 12.8 Å². The highest BCUT2D eigenvalue weighted by atomic mass is 35.5. The maximum absolute atomic E-state index is 11.6. The Morgan fingerprint density at radius 2 is 2.24 bits per heavy atom. The van der Waals surface area contributed by atoms with Gasteiger partial charge in [-0.1, -0.05) is 29.8 Å². The largest absolute Gasteiger partial charge is 0.463 e. The fraction of sp³-hybridized carbons (Fsp3) is 0.167. The normalized spacial score (nSPS) is 16.3. The van der Waals surface area contributed by atoms with E-state index in [4.69, 9.17) is 22.9 Å². The number of hydrogen-bond donors (Lipinski definition) is 2. The molecule has 0 fully saturated rings. The monoisotopic (exact) mass is 354 g/mol. The van der Waals surface area contributed by atoms with Gasteiger partial charge in [0, 0.05) is 22.4 Å². The van der Waals surface area contributed by atoms with Gasteiger partial charge in [-0.3, -0.25) is 5.10 Å². The maximum Gasteiger partial charge on any atom is 0.330 e. The first-order chi connectivity index (χ1) is 12.2. The molecule has 0 bridgehead atoms. The molecule has 25 heavy (non-hydrogen) atoms. The van der Waals surface area contributed by atoms with Gasteiger partial charge in [-0.25, -0.2) is 9.64 Å². The van der Waals surface area contributed by atoms with Crippen LogP contribution in [0.4, 0.5) is 5.82 Å². The molecule has 0 radical (unpaired) electrons. The zero-order chi connectivity index (χ0) is 17.8. The average Bonchev–Trinajstić information content (AvgIpc) is 3.07. The van der Waals surface area contributed by atoms with Crippen molar-refractivity contribution in [1.82, 2.24) is 10.2 Å². The molecule has 3 rings (SSSR count). The van der Waals surface area contributed by atoms with Gasteiger partial charge in [-0.05, 0) is 24.6 Å². The first-order valence-corrected chi connectivity index (χ1v) is 8.04. The summed E-state index contributed by atoms with van der Waals surface area (Å²) in [5.74, 6) is -0.172. The van der Waals surface area contributed by atoms with Crippen LogP contribution in [0.25, 0.3) is 4.85 Å². The lowest BCUT2D eigenvalue weighted by Gasteiger charge is -2.25. The molecular weight excluding hydrogens is 340 g/mol. The highest BCUT2D eigenvalue weighted by Gasteiger charge is 2.32. The molecule has 1 atom stereocenters. The van der Waals surface area contributed by atoms with Gasteiger partial charge in [0.25, 0.3) is 0 Å². The molecule has 1 aromatic heterocycles. The van der Waals surface area contributed by atoms with E-state index in [1.807, 2.05) is 18.2 Å². The minimum absolute atomic E-state index is 0.290. The summed E-state index contributed by atoms with van der Waals surface area (Å²) in [5, 5.41) is 10.6. The van der Waals surface area contributed by atoms with E-state index in [9.17, 15) is 4.79 Å². The van der Waals surface area contributed by atoms with Crippen LogP contribution in [-0.2, 0) is 9.53 Å². The topological polar surface area (TPSA) is 71.4 Å². The second kappa shape index (κ2) is 7.24. The van der Waals surface area contributed by atoms with Gasteiger partial charge in [0.2, 0.25) is 0 Å². The van der Waals surface area contributed by atoms with Crippen molar-refractivity contribution in [2.75, 3.05) is 11.9 Å². The smallest absolute Gasteiger partial charge is 0.330 e. The van der Waals surface area contributed by atoms with Crippen LogP contribution in [0.3, 0.4) is 0 Å². The van der Waals surface area contributed by atoms with Gasteiger partial charge >= 0.3 is 5.97 Å². The molecular formula is C18H15ClN4O2. The van der Waals surface area contributed by atoms with Crippen LogP contribution >= 0.6 is 11.6 Å². The quantitative estimate of drug-likeness (QED) is 0.496. The molecule has 2 heterocycles. The Labute approximate surface area is 150 Å². The molecule has 126 valence electrons. The number of allylic oxidation sites excluding steroid dienone is 2. The number of rotatable bonds is 4. The number of nitrogens with one attached hydrogen (secondary N) is 2. The maximum atomic E-state index is 11.6. The van der Waals surface area contributed by atoms with Crippen LogP contribution < -0.4 is 5.32 Å². The number of esters is 1. The van der Waals surface area contributed by atoms with Gasteiger partial charge in [-0.15, -0.1) is 0 Å². The molecule has 7 heteroatoms. The van der Waals surface area contributed by atoms with Crippen molar-refractivity contribution in [3.05, 3.63) is 81.6 Å². The lowest BCUT2D eigenvalue weighted by molar-refractivity contribution is -0.137. The number of benzene rings is 1. The predicted molar refractivity (Wildman–Crippen MR) is 94.9 cm³/mol. The number of anilines is 1. The van der Waals surface area contributed by atoms with Crippen LogP contribution in [-0.4, -0.2) is 22.8 Å². The minimum Gasteiger partial charge on any atom is -0.463 e. The summed E-state index contributed by atoms with van der Waals surface area (Å²) in [6.45, 7) is 9.67. The van der Waals surface area contributed by atoms with Crippen molar-refractivity contribution in [1.29, 1.82) is 0 Å². The zero-order valence-corrected chi connectivity index (χ0v) is 14.2. The third kappa shape index (κ3) is 3.28. The zero-order valence-electron chi connectivity index (χ0n) is 13.4. The summed E-state index contributed by atoms with van der Waals surface area (Å²) in [7, 11) is 0. The number of ether oxygens (including phenoxy) is 1.